The average Bonchev–Trinajstić information content (AvgIpc) is 2.34. The lowest BCUT2D eigenvalue weighted by Gasteiger charge is -2.29. The highest BCUT2D eigenvalue weighted by atomic mass is 35.5. The van der Waals surface area contributed by atoms with E-state index in [2.05, 4.69) is 4.99 Å². The van der Waals surface area contributed by atoms with Crippen LogP contribution in [0.15, 0.2) is 59.6 Å². The van der Waals surface area contributed by atoms with E-state index in [1.54, 1.807) is 36.4 Å². The summed E-state index contributed by atoms with van der Waals surface area (Å²) in [5.41, 5.74) is 0. The normalized spacial score (nSPS) is 26.3. The van der Waals surface area contributed by atoms with Gasteiger partial charge in [-0.3, -0.25) is 0 Å². The number of alkyl halides is 1. The van der Waals surface area contributed by atoms with Gasteiger partial charge in [-0.15, -0.1) is 0 Å². The van der Waals surface area contributed by atoms with Crippen molar-refractivity contribution >= 4 is 17.7 Å². The molecule has 1 aliphatic carbocycles. The highest BCUT2D eigenvalue weighted by Gasteiger charge is 2.36. The molecule has 0 N–H and O–H groups in total. The summed E-state index contributed by atoms with van der Waals surface area (Å²) in [6, 6.07) is 8.57. The summed E-state index contributed by atoms with van der Waals surface area (Å²) in [6.07, 6.45) is 8.38. The van der Waals surface area contributed by atoms with Crippen molar-refractivity contribution < 1.29 is 9.53 Å². The first kappa shape index (κ1) is 11.6. The topological polar surface area (TPSA) is 38.7 Å². The van der Waals surface area contributed by atoms with Gasteiger partial charge in [-0.05, 0) is 18.2 Å². The minimum atomic E-state index is -1.17. The zero-order valence-electron chi connectivity index (χ0n) is 8.92. The van der Waals surface area contributed by atoms with E-state index in [0.717, 1.165) is 0 Å². The molecule has 3 nitrogen and oxygen atoms in total. The monoisotopic (exact) mass is 247 g/mol. The largest absolute Gasteiger partial charge is 0.466 e. The molecular weight excluding hydrogens is 238 g/mol. The molecule has 1 aromatic carbocycles. The molecule has 0 aliphatic heterocycles. The third kappa shape index (κ3) is 2.64. The number of ether oxygens (including phenoxy) is 1. The summed E-state index contributed by atoms with van der Waals surface area (Å²) in [5, 5.41) is -1.17. The maximum atomic E-state index is 10.3. The summed E-state index contributed by atoms with van der Waals surface area (Å²) in [5.74, 6) is 0.619. The van der Waals surface area contributed by atoms with Gasteiger partial charge < -0.3 is 4.74 Å². The zero-order chi connectivity index (χ0) is 12.1. The third-order valence-corrected chi connectivity index (χ3v) is 2.77. The van der Waals surface area contributed by atoms with Crippen LogP contribution in [0, 0.1) is 0 Å². The van der Waals surface area contributed by atoms with Gasteiger partial charge in [-0.1, -0.05) is 48.0 Å². The van der Waals surface area contributed by atoms with Gasteiger partial charge >= 0.3 is 0 Å². The van der Waals surface area contributed by atoms with E-state index in [4.69, 9.17) is 16.3 Å². The fourth-order valence-corrected chi connectivity index (χ4v) is 1.82. The van der Waals surface area contributed by atoms with Crippen LogP contribution in [0.3, 0.4) is 0 Å². The maximum absolute atomic E-state index is 10.3. The second-order valence-corrected chi connectivity index (χ2v) is 4.11. The summed E-state index contributed by atoms with van der Waals surface area (Å²) in [4.78, 5) is 14.0. The van der Waals surface area contributed by atoms with Gasteiger partial charge in [0, 0.05) is 0 Å². The van der Waals surface area contributed by atoms with Gasteiger partial charge in [-0.2, -0.15) is 4.99 Å². The summed E-state index contributed by atoms with van der Waals surface area (Å²) < 4.78 is 5.66. The summed E-state index contributed by atoms with van der Waals surface area (Å²) in [7, 11) is 0. The van der Waals surface area contributed by atoms with Gasteiger partial charge in [0.15, 0.2) is 0 Å². The molecule has 0 aromatic heterocycles. The van der Waals surface area contributed by atoms with Crippen LogP contribution in [0.4, 0.5) is 0 Å². The number of aliphatic imine (C=N–C) groups is 1. The van der Waals surface area contributed by atoms with Crippen LogP contribution < -0.4 is 4.74 Å². The highest BCUT2D eigenvalue weighted by Crippen LogP contribution is 2.31. The number of carbonyl (C=O) groups excluding carboxylic acids is 1. The van der Waals surface area contributed by atoms with E-state index in [-0.39, 0.29) is 0 Å². The number of hydrogen-bond acceptors (Lipinski definition) is 3. The fourth-order valence-electron chi connectivity index (χ4n) is 1.54. The first-order valence-electron chi connectivity index (χ1n) is 5.10. The van der Waals surface area contributed by atoms with E-state index in [1.165, 1.54) is 6.08 Å². The Balaban J connectivity index is 2.25. The molecule has 2 unspecified atom stereocenters. The predicted molar refractivity (Wildman–Crippen MR) is 65.8 cm³/mol. The van der Waals surface area contributed by atoms with Crippen molar-refractivity contribution in [1.82, 2.24) is 0 Å². The van der Waals surface area contributed by atoms with Crippen molar-refractivity contribution in [3.8, 4) is 5.75 Å². The number of isocyanates is 1. The molecular formula is C13H10ClNO2. The van der Waals surface area contributed by atoms with E-state index in [1.807, 2.05) is 18.2 Å². The molecule has 0 saturated heterocycles. The smallest absolute Gasteiger partial charge is 0.235 e. The number of allylic oxidation sites excluding steroid dienone is 2. The van der Waals surface area contributed by atoms with Crippen LogP contribution in [0.5, 0.6) is 5.75 Å². The molecule has 17 heavy (non-hydrogen) atoms. The van der Waals surface area contributed by atoms with Crippen LogP contribution in [0.1, 0.15) is 0 Å². The number of nitrogens with zero attached hydrogens (tertiary/aromatic N) is 1. The molecule has 0 spiro atoms. The van der Waals surface area contributed by atoms with Gasteiger partial charge in [0.05, 0.1) is 0 Å². The number of rotatable bonds is 3. The molecule has 0 fully saturated rings. The lowest BCUT2D eigenvalue weighted by atomic mass is 10.1. The van der Waals surface area contributed by atoms with Gasteiger partial charge in [0.1, 0.15) is 11.8 Å². The second-order valence-electron chi connectivity index (χ2n) is 3.52. The van der Waals surface area contributed by atoms with Crippen LogP contribution in [0.25, 0.3) is 0 Å². The molecule has 86 valence electrons. The fraction of sp³-hybridized carbons (Fsp3) is 0.154. The molecule has 2 rings (SSSR count). The molecule has 1 aliphatic rings. The van der Waals surface area contributed by atoms with Crippen molar-refractivity contribution in [2.24, 2.45) is 4.99 Å². The van der Waals surface area contributed by atoms with Crippen LogP contribution in [0.2, 0.25) is 0 Å². The molecule has 1 aromatic rings. The van der Waals surface area contributed by atoms with E-state index >= 15 is 0 Å². The van der Waals surface area contributed by atoms with Crippen LogP contribution in [-0.4, -0.2) is 17.2 Å². The third-order valence-electron chi connectivity index (χ3n) is 2.34. The maximum Gasteiger partial charge on any atom is 0.235 e. The lowest BCUT2D eigenvalue weighted by Crippen LogP contribution is -2.39. The average molecular weight is 248 g/mol. The number of para-hydroxylation sites is 1. The number of hydrogen-bond donors (Lipinski definition) is 0. The Morgan fingerprint density at radius 3 is 2.76 bits per heavy atom. The lowest BCUT2D eigenvalue weighted by molar-refractivity contribution is 0.191. The molecule has 4 heteroatoms. The minimum absolute atomic E-state index is 0.577. The van der Waals surface area contributed by atoms with Crippen molar-refractivity contribution in [2.45, 2.75) is 11.1 Å². The molecule has 2 atom stereocenters. The van der Waals surface area contributed by atoms with Crippen molar-refractivity contribution in [3.63, 3.8) is 0 Å². The molecule has 0 bridgehead atoms. The van der Waals surface area contributed by atoms with Crippen LogP contribution >= 0.6 is 11.6 Å². The first-order valence-corrected chi connectivity index (χ1v) is 5.48. The summed E-state index contributed by atoms with van der Waals surface area (Å²) in [6.45, 7) is 0. The minimum Gasteiger partial charge on any atom is -0.466 e. The first-order chi connectivity index (χ1) is 8.24. The van der Waals surface area contributed by atoms with E-state index in [9.17, 15) is 4.79 Å². The number of benzene rings is 1. The molecule has 0 amide bonds. The Hall–Kier alpha value is -1.83. The van der Waals surface area contributed by atoms with Crippen LogP contribution in [-0.2, 0) is 4.79 Å². The van der Waals surface area contributed by atoms with E-state index < -0.39 is 11.1 Å². The second kappa shape index (κ2) is 5.00. The zero-order valence-corrected chi connectivity index (χ0v) is 9.67. The Morgan fingerprint density at radius 1 is 1.29 bits per heavy atom. The highest BCUT2D eigenvalue weighted by molar-refractivity contribution is 6.25. The molecule has 0 saturated carbocycles. The predicted octanol–water partition coefficient (Wildman–Crippen LogP) is 2.83. The van der Waals surface area contributed by atoms with Crippen molar-refractivity contribution in [1.29, 1.82) is 0 Å². The molecule has 0 heterocycles. The van der Waals surface area contributed by atoms with Gasteiger partial charge in [-0.25, -0.2) is 4.79 Å². The summed E-state index contributed by atoms with van der Waals surface area (Å²) >= 11 is 6.32. The van der Waals surface area contributed by atoms with Crippen molar-refractivity contribution in [2.75, 3.05) is 0 Å². The van der Waals surface area contributed by atoms with Gasteiger partial charge in [0.2, 0.25) is 11.1 Å². The SMILES string of the molecule is O=C=NC1C=CC=CC1(Cl)Oc1ccccc1. The number of halogens is 1. The van der Waals surface area contributed by atoms with E-state index in [0.29, 0.717) is 5.75 Å². The Kier molecular flexibility index (Phi) is 3.43. The Bertz CT molecular complexity index is 491. The van der Waals surface area contributed by atoms with Crippen molar-refractivity contribution in [3.05, 3.63) is 54.6 Å². The Labute approximate surface area is 104 Å². The quantitative estimate of drug-likeness (QED) is 0.468. The van der Waals surface area contributed by atoms with Gasteiger partial charge in [0.25, 0.3) is 0 Å². The standard InChI is InChI=1S/C13H10ClNO2/c14-13(17-11-6-2-1-3-7-11)9-5-4-8-12(13)15-10-16/h1-9,12H. The molecule has 0 radical (unpaired) electrons. The Morgan fingerprint density at radius 2 is 2.06 bits per heavy atom.